The summed E-state index contributed by atoms with van der Waals surface area (Å²) in [6.07, 6.45) is 2.72. The van der Waals surface area contributed by atoms with Gasteiger partial charge in [0, 0.05) is 5.54 Å². The predicted molar refractivity (Wildman–Crippen MR) is 53.3 cm³/mol. The zero-order valence-electron chi connectivity index (χ0n) is 8.61. The highest BCUT2D eigenvalue weighted by atomic mass is 15.0. The van der Waals surface area contributed by atoms with Crippen LogP contribution in [0.2, 0.25) is 0 Å². The van der Waals surface area contributed by atoms with Gasteiger partial charge in [-0.3, -0.25) is 0 Å². The van der Waals surface area contributed by atoms with Crippen molar-refractivity contribution in [2.45, 2.75) is 39.2 Å². The van der Waals surface area contributed by atoms with Gasteiger partial charge in [0.25, 0.3) is 0 Å². The molecule has 0 radical (unpaired) electrons. The molecule has 1 aliphatic carbocycles. The topological polar surface area (TPSA) is 24.1 Å². The first-order valence-corrected chi connectivity index (χ1v) is 5.12. The van der Waals surface area contributed by atoms with E-state index < -0.39 is 0 Å². The zero-order valence-corrected chi connectivity index (χ0v) is 8.61. The van der Waals surface area contributed by atoms with Gasteiger partial charge in [0.05, 0.1) is 0 Å². The van der Waals surface area contributed by atoms with E-state index >= 15 is 0 Å². The van der Waals surface area contributed by atoms with E-state index in [-0.39, 0.29) is 0 Å². The third-order valence-corrected chi connectivity index (χ3v) is 2.62. The molecule has 1 atom stereocenters. The zero-order chi connectivity index (χ0) is 9.03. The van der Waals surface area contributed by atoms with Gasteiger partial charge in [0.15, 0.2) is 0 Å². The van der Waals surface area contributed by atoms with E-state index in [9.17, 15) is 0 Å². The Morgan fingerprint density at radius 2 is 2.00 bits per heavy atom. The minimum atomic E-state index is 0.500. The van der Waals surface area contributed by atoms with Gasteiger partial charge in [-0.05, 0) is 45.3 Å². The number of hydrogen-bond acceptors (Lipinski definition) is 2. The maximum atomic E-state index is 3.60. The van der Waals surface area contributed by atoms with Crippen molar-refractivity contribution in [1.29, 1.82) is 0 Å². The van der Waals surface area contributed by atoms with Crippen LogP contribution < -0.4 is 10.6 Å². The summed E-state index contributed by atoms with van der Waals surface area (Å²) in [4.78, 5) is 0. The fourth-order valence-corrected chi connectivity index (χ4v) is 1.25. The van der Waals surface area contributed by atoms with Crippen LogP contribution in [-0.4, -0.2) is 25.2 Å². The van der Waals surface area contributed by atoms with E-state index in [2.05, 4.69) is 31.4 Å². The predicted octanol–water partition coefficient (Wildman–Crippen LogP) is 1.37. The van der Waals surface area contributed by atoms with Crippen molar-refractivity contribution in [2.75, 3.05) is 19.6 Å². The second-order valence-corrected chi connectivity index (χ2v) is 4.35. The Labute approximate surface area is 76.1 Å². The first kappa shape index (κ1) is 10.0. The maximum absolute atomic E-state index is 3.60. The molecule has 1 fully saturated rings. The van der Waals surface area contributed by atoms with Crippen LogP contribution in [0.15, 0.2) is 0 Å². The van der Waals surface area contributed by atoms with Gasteiger partial charge in [-0.1, -0.05) is 13.8 Å². The number of nitrogens with one attached hydrogen (secondary N) is 2. The fourth-order valence-electron chi connectivity index (χ4n) is 1.25. The van der Waals surface area contributed by atoms with Gasteiger partial charge in [0.2, 0.25) is 0 Å². The van der Waals surface area contributed by atoms with Gasteiger partial charge >= 0.3 is 0 Å². The molecule has 12 heavy (non-hydrogen) atoms. The second kappa shape index (κ2) is 4.24. The molecule has 0 aromatic rings. The maximum Gasteiger partial charge on any atom is 0.0154 e. The highest BCUT2D eigenvalue weighted by Crippen LogP contribution is 2.34. The van der Waals surface area contributed by atoms with E-state index in [1.165, 1.54) is 12.8 Å². The van der Waals surface area contributed by atoms with Crippen LogP contribution in [0.1, 0.15) is 33.6 Å². The molecule has 0 aliphatic heterocycles. The third-order valence-electron chi connectivity index (χ3n) is 2.62. The molecule has 1 aliphatic rings. The third kappa shape index (κ3) is 3.55. The van der Waals surface area contributed by atoms with Gasteiger partial charge in [-0.25, -0.2) is 0 Å². The molecule has 0 amide bonds. The first-order chi connectivity index (χ1) is 5.66. The lowest BCUT2D eigenvalue weighted by molar-refractivity contribution is 0.434. The Hall–Kier alpha value is -0.0800. The second-order valence-electron chi connectivity index (χ2n) is 4.35. The molecule has 0 saturated heterocycles. The van der Waals surface area contributed by atoms with Gasteiger partial charge in [-0.15, -0.1) is 0 Å². The SMILES string of the molecule is CCNCC(C)CNC1(C)CC1. The summed E-state index contributed by atoms with van der Waals surface area (Å²) >= 11 is 0. The normalized spacial score (nSPS) is 22.2. The highest BCUT2D eigenvalue weighted by Gasteiger charge is 2.36. The molecule has 1 unspecified atom stereocenters. The Balaban J connectivity index is 1.98. The number of rotatable bonds is 6. The Bertz CT molecular complexity index is 130. The van der Waals surface area contributed by atoms with Crippen LogP contribution >= 0.6 is 0 Å². The number of hydrogen-bond donors (Lipinski definition) is 2. The lowest BCUT2D eigenvalue weighted by Gasteiger charge is -2.16. The molecule has 2 N–H and O–H groups in total. The summed E-state index contributed by atoms with van der Waals surface area (Å²) in [7, 11) is 0. The molecule has 72 valence electrons. The largest absolute Gasteiger partial charge is 0.317 e. The van der Waals surface area contributed by atoms with Crippen LogP contribution in [0.5, 0.6) is 0 Å². The molecule has 2 nitrogen and oxygen atoms in total. The molecular weight excluding hydrogens is 148 g/mol. The molecular formula is C10H22N2. The van der Waals surface area contributed by atoms with Crippen molar-refractivity contribution in [3.8, 4) is 0 Å². The van der Waals surface area contributed by atoms with Crippen molar-refractivity contribution in [2.24, 2.45) is 5.92 Å². The van der Waals surface area contributed by atoms with Crippen molar-refractivity contribution >= 4 is 0 Å². The van der Waals surface area contributed by atoms with Gasteiger partial charge < -0.3 is 10.6 Å². The summed E-state index contributed by atoms with van der Waals surface area (Å²) in [6.45, 7) is 10.1. The van der Waals surface area contributed by atoms with Crippen LogP contribution in [0, 0.1) is 5.92 Å². The molecule has 0 bridgehead atoms. The molecule has 1 saturated carbocycles. The quantitative estimate of drug-likeness (QED) is 0.629. The average Bonchev–Trinajstić information content (AvgIpc) is 2.77. The van der Waals surface area contributed by atoms with E-state index in [0.717, 1.165) is 25.6 Å². The first-order valence-electron chi connectivity index (χ1n) is 5.12. The van der Waals surface area contributed by atoms with Crippen molar-refractivity contribution in [1.82, 2.24) is 10.6 Å². The highest BCUT2D eigenvalue weighted by molar-refractivity contribution is 4.97. The van der Waals surface area contributed by atoms with Gasteiger partial charge in [-0.2, -0.15) is 0 Å². The Morgan fingerprint density at radius 1 is 1.33 bits per heavy atom. The molecule has 1 rings (SSSR count). The standard InChI is InChI=1S/C10H22N2/c1-4-11-7-9(2)8-12-10(3)5-6-10/h9,11-12H,4-8H2,1-3H3. The smallest absolute Gasteiger partial charge is 0.0154 e. The van der Waals surface area contributed by atoms with E-state index in [1.54, 1.807) is 0 Å². The van der Waals surface area contributed by atoms with Crippen molar-refractivity contribution in [3.63, 3.8) is 0 Å². The van der Waals surface area contributed by atoms with Crippen molar-refractivity contribution in [3.05, 3.63) is 0 Å². The minimum Gasteiger partial charge on any atom is -0.317 e. The Kier molecular flexibility index (Phi) is 3.53. The van der Waals surface area contributed by atoms with Gasteiger partial charge in [0.1, 0.15) is 0 Å². The summed E-state index contributed by atoms with van der Waals surface area (Å²) < 4.78 is 0. The summed E-state index contributed by atoms with van der Waals surface area (Å²) in [5.74, 6) is 0.752. The van der Waals surface area contributed by atoms with Crippen molar-refractivity contribution < 1.29 is 0 Å². The monoisotopic (exact) mass is 170 g/mol. The molecule has 2 heteroatoms. The van der Waals surface area contributed by atoms with E-state index in [1.807, 2.05) is 0 Å². The van der Waals surface area contributed by atoms with E-state index in [0.29, 0.717) is 5.54 Å². The molecule has 0 heterocycles. The lowest BCUT2D eigenvalue weighted by Crippen LogP contribution is -2.35. The summed E-state index contributed by atoms with van der Waals surface area (Å²) in [6, 6.07) is 0. The lowest BCUT2D eigenvalue weighted by atomic mass is 10.1. The summed E-state index contributed by atoms with van der Waals surface area (Å²) in [5, 5.41) is 6.97. The minimum absolute atomic E-state index is 0.500. The Morgan fingerprint density at radius 3 is 2.50 bits per heavy atom. The van der Waals surface area contributed by atoms with Crippen LogP contribution in [0.4, 0.5) is 0 Å². The summed E-state index contributed by atoms with van der Waals surface area (Å²) in [5.41, 5.74) is 0.500. The van der Waals surface area contributed by atoms with Crippen LogP contribution in [0.25, 0.3) is 0 Å². The molecule has 0 spiro atoms. The average molecular weight is 170 g/mol. The molecule has 0 aromatic carbocycles. The van der Waals surface area contributed by atoms with E-state index in [4.69, 9.17) is 0 Å². The van der Waals surface area contributed by atoms with Crippen LogP contribution in [0.3, 0.4) is 0 Å². The van der Waals surface area contributed by atoms with Crippen LogP contribution in [-0.2, 0) is 0 Å². The fraction of sp³-hybridized carbons (Fsp3) is 1.00. The molecule has 0 aromatic heterocycles.